The highest BCUT2D eigenvalue weighted by atomic mass is 32.1. The molecule has 0 atom stereocenters. The zero-order valence-corrected chi connectivity index (χ0v) is 10.6. The Balaban J connectivity index is 2.25. The van der Waals surface area contributed by atoms with Gasteiger partial charge in [-0.2, -0.15) is 0 Å². The average molecular weight is 248 g/mol. The lowest BCUT2D eigenvalue weighted by atomic mass is 10.1. The average Bonchev–Trinajstić information content (AvgIpc) is 2.85. The first-order chi connectivity index (χ1) is 8.31. The molecule has 0 fully saturated rings. The summed E-state index contributed by atoms with van der Waals surface area (Å²) in [6.07, 6.45) is 0. The summed E-state index contributed by atoms with van der Waals surface area (Å²) in [6.45, 7) is 1.48. The minimum absolute atomic E-state index is 0.689. The maximum absolute atomic E-state index is 5.84. The molecule has 0 saturated heterocycles. The van der Waals surface area contributed by atoms with E-state index in [2.05, 4.69) is 16.8 Å². The molecule has 1 heterocycles. The van der Waals surface area contributed by atoms with Crippen LogP contribution in [0.3, 0.4) is 0 Å². The summed E-state index contributed by atoms with van der Waals surface area (Å²) in [5.74, 6) is 0. The number of methoxy groups -OCH3 is 1. The monoisotopic (exact) mass is 248 g/mol. The molecule has 0 radical (unpaired) electrons. The summed E-state index contributed by atoms with van der Waals surface area (Å²) in [5, 5.41) is 5.42. The summed E-state index contributed by atoms with van der Waals surface area (Å²) in [5.41, 5.74) is 8.87. The number of benzene rings is 1. The van der Waals surface area contributed by atoms with E-state index in [1.807, 2.05) is 24.3 Å². The Morgan fingerprint density at radius 2 is 2.24 bits per heavy atom. The van der Waals surface area contributed by atoms with Gasteiger partial charge >= 0.3 is 0 Å². The maximum Gasteiger partial charge on any atom is 0.0635 e. The Bertz CT molecular complexity index is 468. The van der Waals surface area contributed by atoms with Gasteiger partial charge < -0.3 is 15.8 Å². The first kappa shape index (κ1) is 12.0. The van der Waals surface area contributed by atoms with Crippen molar-refractivity contribution in [3.05, 3.63) is 35.7 Å². The van der Waals surface area contributed by atoms with E-state index in [0.717, 1.165) is 23.5 Å². The van der Waals surface area contributed by atoms with E-state index in [9.17, 15) is 0 Å². The number of nitrogen functional groups attached to an aromatic ring is 1. The molecule has 0 aliphatic carbocycles. The second kappa shape index (κ2) is 5.70. The Morgan fingerprint density at radius 1 is 1.35 bits per heavy atom. The topological polar surface area (TPSA) is 47.3 Å². The molecule has 1 aromatic heterocycles. The molecular weight excluding hydrogens is 232 g/mol. The third kappa shape index (κ3) is 2.99. The van der Waals surface area contributed by atoms with Gasteiger partial charge in [0.25, 0.3) is 0 Å². The van der Waals surface area contributed by atoms with Crippen LogP contribution in [0.4, 0.5) is 11.4 Å². The molecule has 0 spiro atoms. The Kier molecular flexibility index (Phi) is 4.01. The van der Waals surface area contributed by atoms with E-state index >= 15 is 0 Å². The van der Waals surface area contributed by atoms with Crippen molar-refractivity contribution in [3.63, 3.8) is 0 Å². The number of hydrogen-bond acceptors (Lipinski definition) is 4. The predicted octanol–water partition coefficient (Wildman–Crippen LogP) is 3.06. The summed E-state index contributed by atoms with van der Waals surface area (Å²) >= 11 is 1.71. The molecule has 0 aliphatic heterocycles. The molecule has 90 valence electrons. The molecule has 3 N–H and O–H groups in total. The highest BCUT2D eigenvalue weighted by Gasteiger charge is 2.06. The number of rotatable bonds is 5. The fourth-order valence-corrected chi connectivity index (χ4v) is 2.40. The molecule has 1 aromatic carbocycles. The van der Waals surface area contributed by atoms with E-state index in [4.69, 9.17) is 10.5 Å². The van der Waals surface area contributed by atoms with Crippen LogP contribution in [-0.4, -0.2) is 20.3 Å². The van der Waals surface area contributed by atoms with Crippen molar-refractivity contribution in [1.29, 1.82) is 0 Å². The number of ether oxygens (including phenoxy) is 1. The van der Waals surface area contributed by atoms with E-state index in [-0.39, 0.29) is 0 Å². The third-order valence-electron chi connectivity index (χ3n) is 2.45. The van der Waals surface area contributed by atoms with Crippen LogP contribution in [0.1, 0.15) is 0 Å². The van der Waals surface area contributed by atoms with Gasteiger partial charge in [0, 0.05) is 35.5 Å². The van der Waals surface area contributed by atoms with Crippen LogP contribution in [0, 0.1) is 0 Å². The Labute approximate surface area is 105 Å². The van der Waals surface area contributed by atoms with Crippen molar-refractivity contribution in [2.24, 2.45) is 0 Å². The molecule has 3 nitrogen and oxygen atoms in total. The number of hydrogen-bond donors (Lipinski definition) is 2. The lowest BCUT2D eigenvalue weighted by Gasteiger charge is -2.11. The van der Waals surface area contributed by atoms with Crippen LogP contribution in [-0.2, 0) is 4.74 Å². The molecule has 0 amide bonds. The van der Waals surface area contributed by atoms with Crippen molar-refractivity contribution >= 4 is 22.7 Å². The zero-order chi connectivity index (χ0) is 12.1. The summed E-state index contributed by atoms with van der Waals surface area (Å²) in [6, 6.07) is 10.1. The van der Waals surface area contributed by atoms with Crippen LogP contribution < -0.4 is 11.1 Å². The van der Waals surface area contributed by atoms with Crippen molar-refractivity contribution < 1.29 is 4.74 Å². The number of anilines is 2. The van der Waals surface area contributed by atoms with Crippen LogP contribution in [0.25, 0.3) is 10.4 Å². The second-order valence-corrected chi connectivity index (χ2v) is 4.65. The van der Waals surface area contributed by atoms with Crippen molar-refractivity contribution in [3.8, 4) is 10.4 Å². The molecule has 4 heteroatoms. The molecule has 17 heavy (non-hydrogen) atoms. The SMILES string of the molecule is COCCNc1ccc(N)cc1-c1cccs1. The second-order valence-electron chi connectivity index (χ2n) is 3.70. The highest BCUT2D eigenvalue weighted by Crippen LogP contribution is 2.33. The van der Waals surface area contributed by atoms with Gasteiger partial charge in [-0.25, -0.2) is 0 Å². The third-order valence-corrected chi connectivity index (χ3v) is 3.36. The number of thiophene rings is 1. The van der Waals surface area contributed by atoms with Gasteiger partial charge in [-0.1, -0.05) is 6.07 Å². The predicted molar refractivity (Wildman–Crippen MR) is 74.5 cm³/mol. The molecule has 0 saturated carbocycles. The van der Waals surface area contributed by atoms with E-state index in [1.54, 1.807) is 18.4 Å². The number of nitrogens with one attached hydrogen (secondary N) is 1. The van der Waals surface area contributed by atoms with Gasteiger partial charge in [0.05, 0.1) is 6.61 Å². The maximum atomic E-state index is 5.84. The summed E-state index contributed by atoms with van der Waals surface area (Å²) in [7, 11) is 1.70. The van der Waals surface area contributed by atoms with Crippen LogP contribution in [0.5, 0.6) is 0 Å². The van der Waals surface area contributed by atoms with Gasteiger partial charge in [0.15, 0.2) is 0 Å². The first-order valence-electron chi connectivity index (χ1n) is 5.47. The molecule has 2 rings (SSSR count). The largest absolute Gasteiger partial charge is 0.399 e. The van der Waals surface area contributed by atoms with Gasteiger partial charge in [0.2, 0.25) is 0 Å². The van der Waals surface area contributed by atoms with Gasteiger partial charge in [0.1, 0.15) is 0 Å². The fourth-order valence-electron chi connectivity index (χ4n) is 1.64. The molecular formula is C13H16N2OS. The summed E-state index contributed by atoms with van der Waals surface area (Å²) in [4.78, 5) is 1.22. The first-order valence-corrected chi connectivity index (χ1v) is 6.35. The lowest BCUT2D eigenvalue weighted by molar-refractivity contribution is 0.211. The molecule has 0 aliphatic rings. The Morgan fingerprint density at radius 3 is 2.94 bits per heavy atom. The minimum Gasteiger partial charge on any atom is -0.399 e. The molecule has 0 bridgehead atoms. The fraction of sp³-hybridized carbons (Fsp3) is 0.231. The smallest absolute Gasteiger partial charge is 0.0635 e. The van der Waals surface area contributed by atoms with E-state index < -0.39 is 0 Å². The zero-order valence-electron chi connectivity index (χ0n) is 9.77. The normalized spacial score (nSPS) is 10.4. The van der Waals surface area contributed by atoms with Gasteiger partial charge in [-0.3, -0.25) is 0 Å². The summed E-state index contributed by atoms with van der Waals surface area (Å²) < 4.78 is 5.03. The minimum atomic E-state index is 0.689. The van der Waals surface area contributed by atoms with Crippen molar-refractivity contribution in [2.45, 2.75) is 0 Å². The van der Waals surface area contributed by atoms with Crippen LogP contribution in [0.2, 0.25) is 0 Å². The van der Waals surface area contributed by atoms with Crippen molar-refractivity contribution in [1.82, 2.24) is 0 Å². The van der Waals surface area contributed by atoms with Gasteiger partial charge in [-0.05, 0) is 29.6 Å². The van der Waals surface area contributed by atoms with Crippen LogP contribution >= 0.6 is 11.3 Å². The van der Waals surface area contributed by atoms with Crippen molar-refractivity contribution in [2.75, 3.05) is 31.3 Å². The highest BCUT2D eigenvalue weighted by molar-refractivity contribution is 7.13. The molecule has 0 unspecified atom stereocenters. The van der Waals surface area contributed by atoms with Gasteiger partial charge in [-0.15, -0.1) is 11.3 Å². The quantitative estimate of drug-likeness (QED) is 0.631. The van der Waals surface area contributed by atoms with E-state index in [0.29, 0.717) is 6.61 Å². The number of nitrogens with two attached hydrogens (primary N) is 1. The van der Waals surface area contributed by atoms with Crippen LogP contribution in [0.15, 0.2) is 35.7 Å². The Hall–Kier alpha value is -1.52. The van der Waals surface area contributed by atoms with E-state index in [1.165, 1.54) is 4.88 Å². The standard InChI is InChI=1S/C13H16N2OS/c1-16-7-6-15-12-5-4-10(14)9-11(12)13-3-2-8-17-13/h2-5,8-9,15H,6-7,14H2,1H3. The molecule has 2 aromatic rings. The lowest BCUT2D eigenvalue weighted by Crippen LogP contribution is -2.08.